The summed E-state index contributed by atoms with van der Waals surface area (Å²) in [6, 6.07) is 11.4. The average molecular weight is 467 g/mol. The molecule has 6 nitrogen and oxygen atoms in total. The maximum atomic E-state index is 12.8. The van der Waals surface area contributed by atoms with Crippen molar-refractivity contribution in [2.45, 2.75) is 26.3 Å². The van der Waals surface area contributed by atoms with Crippen molar-refractivity contribution in [3.05, 3.63) is 63.6 Å². The Kier molecular flexibility index (Phi) is 7.37. The van der Waals surface area contributed by atoms with Crippen LogP contribution in [0.25, 0.3) is 0 Å². The number of rotatable bonds is 7. The normalized spacial score (nSPS) is 12.3. The number of benzene rings is 2. The van der Waals surface area contributed by atoms with Gasteiger partial charge in [-0.05, 0) is 71.6 Å². The van der Waals surface area contributed by atoms with E-state index in [0.29, 0.717) is 15.7 Å². The zero-order valence-corrected chi connectivity index (χ0v) is 18.4. The minimum Gasteiger partial charge on any atom is -0.340 e. The SMILES string of the molecule is Cc1cc(C)cc(NC(=O)C(CCS(C)(=O)=O)NC(=O)c2ccccc2Br)c1. The minimum atomic E-state index is -3.29. The van der Waals surface area contributed by atoms with E-state index < -0.39 is 27.7 Å². The van der Waals surface area contributed by atoms with Crippen LogP contribution >= 0.6 is 15.9 Å². The Morgan fingerprint density at radius 1 is 1.07 bits per heavy atom. The van der Waals surface area contributed by atoms with Crippen LogP contribution in [-0.2, 0) is 14.6 Å². The lowest BCUT2D eigenvalue weighted by Gasteiger charge is -2.19. The van der Waals surface area contributed by atoms with Gasteiger partial charge in [-0.25, -0.2) is 8.42 Å². The van der Waals surface area contributed by atoms with Gasteiger partial charge in [-0.2, -0.15) is 0 Å². The molecule has 150 valence electrons. The van der Waals surface area contributed by atoms with Gasteiger partial charge in [0.1, 0.15) is 15.9 Å². The van der Waals surface area contributed by atoms with Gasteiger partial charge < -0.3 is 10.6 Å². The molecule has 0 bridgehead atoms. The summed E-state index contributed by atoms with van der Waals surface area (Å²) in [5.74, 6) is -1.13. The number of sulfone groups is 1. The maximum absolute atomic E-state index is 12.8. The summed E-state index contributed by atoms with van der Waals surface area (Å²) < 4.78 is 23.7. The number of hydrogen-bond donors (Lipinski definition) is 2. The molecule has 0 saturated carbocycles. The van der Waals surface area contributed by atoms with E-state index >= 15 is 0 Å². The molecule has 0 aliphatic carbocycles. The molecule has 2 rings (SSSR count). The van der Waals surface area contributed by atoms with E-state index in [1.165, 1.54) is 0 Å². The van der Waals surface area contributed by atoms with Gasteiger partial charge in [0.2, 0.25) is 5.91 Å². The quantitative estimate of drug-likeness (QED) is 0.654. The number of anilines is 1. The van der Waals surface area contributed by atoms with Gasteiger partial charge >= 0.3 is 0 Å². The van der Waals surface area contributed by atoms with E-state index in [9.17, 15) is 18.0 Å². The number of carbonyl (C=O) groups excluding carboxylic acids is 2. The first-order valence-electron chi connectivity index (χ1n) is 8.67. The van der Waals surface area contributed by atoms with Crippen LogP contribution < -0.4 is 10.6 Å². The Morgan fingerprint density at radius 2 is 1.68 bits per heavy atom. The van der Waals surface area contributed by atoms with Gasteiger partial charge in [-0.15, -0.1) is 0 Å². The fourth-order valence-corrected chi connectivity index (χ4v) is 3.89. The minimum absolute atomic E-state index is 0.0222. The molecule has 0 aliphatic heterocycles. The van der Waals surface area contributed by atoms with Crippen LogP contribution in [0.5, 0.6) is 0 Å². The Labute approximate surface area is 173 Å². The molecule has 0 radical (unpaired) electrons. The number of aryl methyl sites for hydroxylation is 2. The van der Waals surface area contributed by atoms with Gasteiger partial charge in [0.15, 0.2) is 0 Å². The second-order valence-electron chi connectivity index (χ2n) is 6.79. The lowest BCUT2D eigenvalue weighted by molar-refractivity contribution is -0.118. The third-order valence-electron chi connectivity index (χ3n) is 4.01. The van der Waals surface area contributed by atoms with Gasteiger partial charge in [-0.1, -0.05) is 18.2 Å². The van der Waals surface area contributed by atoms with E-state index in [0.717, 1.165) is 17.4 Å². The first-order chi connectivity index (χ1) is 13.0. The number of halogens is 1. The molecule has 0 aromatic heterocycles. The summed E-state index contributed by atoms with van der Waals surface area (Å²) in [4.78, 5) is 25.4. The van der Waals surface area contributed by atoms with E-state index in [1.54, 1.807) is 24.3 Å². The number of amides is 2. The van der Waals surface area contributed by atoms with Crippen LogP contribution in [0.1, 0.15) is 27.9 Å². The Balaban J connectivity index is 2.21. The zero-order valence-electron chi connectivity index (χ0n) is 16.0. The Hall–Kier alpha value is -2.19. The standard InChI is InChI=1S/C20H23BrN2O4S/c1-13-10-14(2)12-15(11-13)22-20(25)18(8-9-28(3,26)27)23-19(24)16-6-4-5-7-17(16)21/h4-7,10-12,18H,8-9H2,1-3H3,(H,22,25)(H,23,24). The van der Waals surface area contributed by atoms with Crippen molar-refractivity contribution in [2.24, 2.45) is 0 Å². The highest BCUT2D eigenvalue weighted by atomic mass is 79.9. The van der Waals surface area contributed by atoms with Crippen molar-refractivity contribution < 1.29 is 18.0 Å². The van der Waals surface area contributed by atoms with Crippen molar-refractivity contribution in [3.8, 4) is 0 Å². The fraction of sp³-hybridized carbons (Fsp3) is 0.300. The van der Waals surface area contributed by atoms with Gasteiger partial charge in [-0.3, -0.25) is 9.59 Å². The van der Waals surface area contributed by atoms with E-state index in [1.807, 2.05) is 32.0 Å². The molecule has 8 heteroatoms. The molecule has 2 aromatic carbocycles. The third-order valence-corrected chi connectivity index (χ3v) is 5.68. The third kappa shape index (κ3) is 6.76. The molecule has 28 heavy (non-hydrogen) atoms. The summed E-state index contributed by atoms with van der Waals surface area (Å²) in [6.45, 7) is 3.83. The molecule has 1 unspecified atom stereocenters. The Bertz CT molecular complexity index is 969. The summed E-state index contributed by atoms with van der Waals surface area (Å²) >= 11 is 3.31. The van der Waals surface area contributed by atoms with E-state index in [4.69, 9.17) is 0 Å². The number of carbonyl (C=O) groups is 2. The highest BCUT2D eigenvalue weighted by Gasteiger charge is 2.24. The van der Waals surface area contributed by atoms with Crippen molar-refractivity contribution in [3.63, 3.8) is 0 Å². The maximum Gasteiger partial charge on any atom is 0.253 e. The molecule has 0 heterocycles. The predicted octanol–water partition coefficient (Wildman–Crippen LogP) is 3.24. The van der Waals surface area contributed by atoms with Crippen molar-refractivity contribution in [1.82, 2.24) is 5.32 Å². The highest BCUT2D eigenvalue weighted by Crippen LogP contribution is 2.17. The van der Waals surface area contributed by atoms with Crippen molar-refractivity contribution in [2.75, 3.05) is 17.3 Å². The Morgan fingerprint density at radius 3 is 2.25 bits per heavy atom. The van der Waals surface area contributed by atoms with Crippen molar-refractivity contribution in [1.29, 1.82) is 0 Å². The average Bonchev–Trinajstić information content (AvgIpc) is 2.56. The van der Waals surface area contributed by atoms with Crippen LogP contribution in [0.15, 0.2) is 46.9 Å². The molecule has 2 amide bonds. The lowest BCUT2D eigenvalue weighted by Crippen LogP contribution is -2.44. The lowest BCUT2D eigenvalue weighted by atomic mass is 10.1. The largest absolute Gasteiger partial charge is 0.340 e. The first-order valence-corrected chi connectivity index (χ1v) is 11.5. The van der Waals surface area contributed by atoms with Gasteiger partial charge in [0.25, 0.3) is 5.91 Å². The van der Waals surface area contributed by atoms with Crippen LogP contribution in [-0.4, -0.2) is 38.3 Å². The molecule has 0 aliphatic rings. The molecule has 0 spiro atoms. The molecule has 1 atom stereocenters. The zero-order chi connectivity index (χ0) is 20.9. The second-order valence-corrected chi connectivity index (χ2v) is 9.90. The van der Waals surface area contributed by atoms with E-state index in [2.05, 4.69) is 26.6 Å². The summed E-state index contributed by atoms with van der Waals surface area (Å²) in [5, 5.41) is 5.42. The molecular formula is C20H23BrN2O4S. The highest BCUT2D eigenvalue weighted by molar-refractivity contribution is 9.10. The van der Waals surface area contributed by atoms with Crippen LogP contribution in [0.2, 0.25) is 0 Å². The van der Waals surface area contributed by atoms with Crippen LogP contribution in [0.4, 0.5) is 5.69 Å². The van der Waals surface area contributed by atoms with Gasteiger partial charge in [0.05, 0.1) is 11.3 Å². The molecule has 2 N–H and O–H groups in total. The summed E-state index contributed by atoms with van der Waals surface area (Å²) in [5.41, 5.74) is 2.94. The van der Waals surface area contributed by atoms with E-state index in [-0.39, 0.29) is 12.2 Å². The van der Waals surface area contributed by atoms with Crippen LogP contribution in [0.3, 0.4) is 0 Å². The predicted molar refractivity (Wildman–Crippen MR) is 114 cm³/mol. The first kappa shape index (κ1) is 22.1. The molecule has 0 fully saturated rings. The molecule has 0 saturated heterocycles. The van der Waals surface area contributed by atoms with Crippen LogP contribution in [0, 0.1) is 13.8 Å². The monoisotopic (exact) mass is 466 g/mol. The summed E-state index contributed by atoms with van der Waals surface area (Å²) in [6.07, 6.45) is 1.08. The summed E-state index contributed by atoms with van der Waals surface area (Å²) in [7, 11) is -3.29. The molecule has 2 aromatic rings. The smallest absolute Gasteiger partial charge is 0.253 e. The molecular weight excluding hydrogens is 444 g/mol. The van der Waals surface area contributed by atoms with Crippen molar-refractivity contribution >= 4 is 43.3 Å². The topological polar surface area (TPSA) is 92.3 Å². The van der Waals surface area contributed by atoms with Gasteiger partial charge in [0, 0.05) is 16.4 Å². The number of hydrogen-bond acceptors (Lipinski definition) is 4. The number of nitrogens with one attached hydrogen (secondary N) is 2. The second kappa shape index (κ2) is 9.34. The fourth-order valence-electron chi connectivity index (χ4n) is 2.76.